The van der Waals surface area contributed by atoms with E-state index >= 15 is 0 Å². The molecule has 0 saturated carbocycles. The van der Waals surface area contributed by atoms with Crippen LogP contribution in [0.2, 0.25) is 0 Å². The number of carboxylic acid groups (broad SMARTS) is 1. The van der Waals surface area contributed by atoms with Crippen LogP contribution >= 0.6 is 0 Å². The smallest absolute Gasteiger partial charge is 0.325 e. The molecule has 1 aromatic carbocycles. The van der Waals surface area contributed by atoms with Crippen LogP contribution in [0.25, 0.3) is 0 Å². The highest BCUT2D eigenvalue weighted by Crippen LogP contribution is 2.12. The number of carbonyl (C=O) groups excluding carboxylic acids is 2. The molecule has 1 aromatic rings. The highest BCUT2D eigenvalue weighted by molar-refractivity contribution is 5.96. The molecule has 1 atom stereocenters. The van der Waals surface area contributed by atoms with Gasteiger partial charge in [0.2, 0.25) is 0 Å². The Morgan fingerprint density at radius 2 is 1.89 bits per heavy atom. The summed E-state index contributed by atoms with van der Waals surface area (Å²) >= 11 is 0. The van der Waals surface area contributed by atoms with Crippen molar-refractivity contribution < 1.29 is 24.2 Å². The Balaban J connectivity index is 2.62. The highest BCUT2D eigenvalue weighted by atomic mass is 16.5. The molecule has 1 rings (SSSR count). The molecule has 0 aliphatic heterocycles. The van der Waals surface area contributed by atoms with E-state index in [4.69, 9.17) is 15.6 Å². The van der Waals surface area contributed by atoms with Gasteiger partial charge in [-0.15, -0.1) is 0 Å². The molecule has 4 N–H and O–H groups in total. The number of rotatable bonds is 6. The van der Waals surface area contributed by atoms with Gasteiger partial charge < -0.3 is 20.9 Å². The second-order valence-electron chi connectivity index (χ2n) is 3.81. The molecule has 7 nitrogen and oxygen atoms in total. The molecule has 19 heavy (non-hydrogen) atoms. The number of primary amides is 1. The molecule has 0 spiro atoms. The van der Waals surface area contributed by atoms with Crippen LogP contribution in [0.4, 0.5) is 0 Å². The number of amides is 2. The van der Waals surface area contributed by atoms with Crippen LogP contribution in [0.5, 0.6) is 5.75 Å². The molecule has 102 valence electrons. The van der Waals surface area contributed by atoms with E-state index in [0.29, 0.717) is 11.3 Å². The number of hydrogen-bond acceptors (Lipinski definition) is 4. The highest BCUT2D eigenvalue weighted by Gasteiger charge is 2.15. The Hall–Kier alpha value is -2.57. The van der Waals surface area contributed by atoms with Crippen molar-refractivity contribution >= 4 is 17.8 Å². The summed E-state index contributed by atoms with van der Waals surface area (Å²) in [6, 6.07) is 4.92. The Morgan fingerprint density at radius 1 is 1.32 bits per heavy atom. The lowest BCUT2D eigenvalue weighted by Crippen LogP contribution is -2.38. The molecule has 0 heterocycles. The van der Waals surface area contributed by atoms with Crippen molar-refractivity contribution in [3.8, 4) is 5.75 Å². The molecule has 0 aliphatic rings. The molecule has 1 unspecified atom stereocenters. The van der Waals surface area contributed by atoms with Crippen LogP contribution in [0, 0.1) is 0 Å². The zero-order valence-electron chi connectivity index (χ0n) is 10.3. The maximum absolute atomic E-state index is 11.6. The van der Waals surface area contributed by atoms with Crippen LogP contribution in [0.3, 0.4) is 0 Å². The summed E-state index contributed by atoms with van der Waals surface area (Å²) in [4.78, 5) is 32.7. The van der Waals surface area contributed by atoms with Gasteiger partial charge in [0.15, 0.2) is 6.61 Å². The van der Waals surface area contributed by atoms with Gasteiger partial charge in [0.1, 0.15) is 11.8 Å². The number of nitrogens with two attached hydrogens (primary N) is 1. The monoisotopic (exact) mass is 266 g/mol. The molecule has 2 amide bonds. The van der Waals surface area contributed by atoms with E-state index in [-0.39, 0.29) is 6.61 Å². The van der Waals surface area contributed by atoms with Crippen LogP contribution in [0.15, 0.2) is 24.3 Å². The van der Waals surface area contributed by atoms with E-state index in [2.05, 4.69) is 5.32 Å². The fraction of sp³-hybridized carbons (Fsp3) is 0.250. The summed E-state index contributed by atoms with van der Waals surface area (Å²) in [7, 11) is 0. The zero-order valence-corrected chi connectivity index (χ0v) is 10.3. The van der Waals surface area contributed by atoms with Crippen molar-refractivity contribution in [3.05, 3.63) is 29.8 Å². The molecular weight excluding hydrogens is 252 g/mol. The summed E-state index contributed by atoms with van der Waals surface area (Å²) in [5, 5.41) is 11.0. The van der Waals surface area contributed by atoms with Crippen LogP contribution in [0.1, 0.15) is 17.3 Å². The van der Waals surface area contributed by atoms with Gasteiger partial charge in [-0.2, -0.15) is 0 Å². The Bertz CT molecular complexity index is 483. The van der Waals surface area contributed by atoms with E-state index in [1.54, 1.807) is 0 Å². The van der Waals surface area contributed by atoms with E-state index < -0.39 is 23.8 Å². The van der Waals surface area contributed by atoms with Gasteiger partial charge in [0, 0.05) is 5.56 Å². The number of carbonyl (C=O) groups is 3. The first kappa shape index (κ1) is 14.5. The maximum Gasteiger partial charge on any atom is 0.325 e. The lowest BCUT2D eigenvalue weighted by atomic mass is 10.2. The maximum atomic E-state index is 11.6. The Kier molecular flexibility index (Phi) is 4.87. The first-order valence-electron chi connectivity index (χ1n) is 5.45. The Labute approximate surface area is 109 Å². The van der Waals surface area contributed by atoms with Crippen LogP contribution < -0.4 is 15.8 Å². The molecule has 0 bridgehead atoms. The minimum Gasteiger partial charge on any atom is -0.484 e. The summed E-state index contributed by atoms with van der Waals surface area (Å²) in [6.07, 6.45) is 0. The van der Waals surface area contributed by atoms with Crippen molar-refractivity contribution in [1.82, 2.24) is 5.32 Å². The number of carboxylic acids is 1. The molecule has 0 saturated heterocycles. The number of aliphatic carboxylic acids is 1. The van der Waals surface area contributed by atoms with Crippen molar-refractivity contribution in [1.29, 1.82) is 0 Å². The summed E-state index contributed by atoms with van der Waals surface area (Å²) < 4.78 is 5.02. The first-order valence-corrected chi connectivity index (χ1v) is 5.45. The quantitative estimate of drug-likeness (QED) is 0.656. The van der Waals surface area contributed by atoms with Gasteiger partial charge in [-0.3, -0.25) is 14.4 Å². The number of nitrogens with one attached hydrogen (secondary N) is 1. The molecular formula is C12H14N2O5. The van der Waals surface area contributed by atoms with E-state index in [0.717, 1.165) is 0 Å². The van der Waals surface area contributed by atoms with Gasteiger partial charge in [-0.25, -0.2) is 0 Å². The van der Waals surface area contributed by atoms with Crippen LogP contribution in [-0.4, -0.2) is 35.5 Å². The molecule has 0 aromatic heterocycles. The van der Waals surface area contributed by atoms with E-state index in [1.807, 2.05) is 0 Å². The minimum atomic E-state index is -1.12. The van der Waals surface area contributed by atoms with E-state index in [1.165, 1.54) is 31.2 Å². The largest absolute Gasteiger partial charge is 0.484 e. The van der Waals surface area contributed by atoms with Gasteiger partial charge in [0.25, 0.3) is 11.8 Å². The minimum absolute atomic E-state index is 0.248. The van der Waals surface area contributed by atoms with Gasteiger partial charge >= 0.3 is 5.97 Å². The topological polar surface area (TPSA) is 119 Å². The zero-order chi connectivity index (χ0) is 14.4. The summed E-state index contributed by atoms with van der Waals surface area (Å²) in [5.74, 6) is -1.83. The van der Waals surface area contributed by atoms with Crippen molar-refractivity contribution in [2.45, 2.75) is 13.0 Å². The normalized spacial score (nSPS) is 11.4. The van der Waals surface area contributed by atoms with Gasteiger partial charge in [0.05, 0.1) is 0 Å². The van der Waals surface area contributed by atoms with Crippen molar-refractivity contribution in [2.75, 3.05) is 6.61 Å². The van der Waals surface area contributed by atoms with Crippen molar-refractivity contribution in [2.24, 2.45) is 5.73 Å². The fourth-order valence-corrected chi connectivity index (χ4v) is 1.20. The van der Waals surface area contributed by atoms with Crippen molar-refractivity contribution in [3.63, 3.8) is 0 Å². The predicted octanol–water partition coefficient (Wildman–Crippen LogP) is -0.246. The third-order valence-electron chi connectivity index (χ3n) is 2.22. The summed E-state index contributed by atoms with van der Waals surface area (Å²) in [6.45, 7) is 1.12. The average molecular weight is 266 g/mol. The molecule has 0 aliphatic carbocycles. The second-order valence-corrected chi connectivity index (χ2v) is 3.81. The van der Waals surface area contributed by atoms with Crippen LogP contribution in [-0.2, 0) is 9.59 Å². The summed E-state index contributed by atoms with van der Waals surface area (Å²) in [5.41, 5.74) is 5.21. The lowest BCUT2D eigenvalue weighted by molar-refractivity contribution is -0.138. The third-order valence-corrected chi connectivity index (χ3v) is 2.22. The lowest BCUT2D eigenvalue weighted by Gasteiger charge is -2.09. The third kappa shape index (κ3) is 4.66. The number of benzene rings is 1. The number of hydrogen-bond donors (Lipinski definition) is 3. The SMILES string of the molecule is CC(NC(=O)c1ccc(OCC(N)=O)cc1)C(=O)O. The van der Waals surface area contributed by atoms with Gasteiger partial charge in [-0.1, -0.05) is 0 Å². The Morgan fingerprint density at radius 3 is 2.37 bits per heavy atom. The fourth-order valence-electron chi connectivity index (χ4n) is 1.20. The molecule has 0 fully saturated rings. The van der Waals surface area contributed by atoms with E-state index in [9.17, 15) is 14.4 Å². The predicted molar refractivity (Wildman–Crippen MR) is 65.7 cm³/mol. The molecule has 7 heteroatoms. The average Bonchev–Trinajstić information content (AvgIpc) is 2.36. The first-order chi connectivity index (χ1) is 8.90. The standard InChI is InChI=1S/C12H14N2O5/c1-7(12(17)18)14-11(16)8-2-4-9(5-3-8)19-6-10(13)15/h2-5,7H,6H2,1H3,(H2,13,15)(H,14,16)(H,17,18). The number of ether oxygens (including phenoxy) is 1. The molecule has 0 radical (unpaired) electrons. The second kappa shape index (κ2) is 6.39. The van der Waals surface area contributed by atoms with Gasteiger partial charge in [-0.05, 0) is 31.2 Å².